The van der Waals surface area contributed by atoms with E-state index < -0.39 is 0 Å². The van der Waals surface area contributed by atoms with Gasteiger partial charge < -0.3 is 14.8 Å². The first-order valence-corrected chi connectivity index (χ1v) is 8.86. The summed E-state index contributed by atoms with van der Waals surface area (Å²) in [4.78, 5) is 2.58. The van der Waals surface area contributed by atoms with Crippen LogP contribution in [0.15, 0.2) is 16.6 Å². The molecule has 22 heavy (non-hydrogen) atoms. The molecule has 124 valence electrons. The molecule has 1 aliphatic rings. The maximum atomic E-state index is 5.50. The minimum absolute atomic E-state index is 0.427. The molecule has 1 aromatic rings. The van der Waals surface area contributed by atoms with Gasteiger partial charge in [0.15, 0.2) is 11.5 Å². The third kappa shape index (κ3) is 4.15. The van der Waals surface area contributed by atoms with Crippen LogP contribution in [0.4, 0.5) is 0 Å². The highest BCUT2D eigenvalue weighted by Crippen LogP contribution is 2.39. The number of rotatable bonds is 7. The zero-order chi connectivity index (χ0) is 15.9. The molecule has 4 nitrogen and oxygen atoms in total. The molecule has 0 bridgehead atoms. The van der Waals surface area contributed by atoms with Gasteiger partial charge in [0.2, 0.25) is 0 Å². The fraction of sp³-hybridized carbons (Fsp3) is 0.647. The summed E-state index contributed by atoms with van der Waals surface area (Å²) in [5, 5.41) is 3.43. The number of methoxy groups -OCH3 is 2. The van der Waals surface area contributed by atoms with Gasteiger partial charge in [0, 0.05) is 36.7 Å². The standard InChI is InChI=1S/C17H27BrN2O2/c1-4-5-6-15(20-9-7-19-8-10-20)13-11-16(21-2)17(22-3)12-14(13)18/h11-12,15,19H,4-10H2,1-3H3/t15-/m1/s1. The summed E-state index contributed by atoms with van der Waals surface area (Å²) >= 11 is 3.73. The van der Waals surface area contributed by atoms with Crippen LogP contribution in [-0.4, -0.2) is 45.3 Å². The van der Waals surface area contributed by atoms with E-state index >= 15 is 0 Å². The SMILES string of the molecule is CCCC[C@H](c1cc(OC)c(OC)cc1Br)N1CCNCC1. The molecular weight excluding hydrogens is 344 g/mol. The molecule has 5 heteroatoms. The molecule has 1 saturated heterocycles. The number of hydrogen-bond acceptors (Lipinski definition) is 4. The Kier molecular flexibility index (Phi) is 6.99. The van der Waals surface area contributed by atoms with Crippen molar-refractivity contribution in [1.29, 1.82) is 0 Å². The van der Waals surface area contributed by atoms with Crippen molar-refractivity contribution < 1.29 is 9.47 Å². The lowest BCUT2D eigenvalue weighted by molar-refractivity contribution is 0.162. The fourth-order valence-corrected chi connectivity index (χ4v) is 3.64. The number of nitrogens with one attached hydrogen (secondary N) is 1. The first kappa shape index (κ1) is 17.6. The smallest absolute Gasteiger partial charge is 0.161 e. The Hall–Kier alpha value is -0.780. The van der Waals surface area contributed by atoms with Crippen LogP contribution in [0.3, 0.4) is 0 Å². The summed E-state index contributed by atoms with van der Waals surface area (Å²) in [7, 11) is 3.37. The molecule has 0 radical (unpaired) electrons. The quantitative estimate of drug-likeness (QED) is 0.794. The van der Waals surface area contributed by atoms with E-state index in [9.17, 15) is 0 Å². The average Bonchev–Trinajstić information content (AvgIpc) is 2.57. The number of benzene rings is 1. The monoisotopic (exact) mass is 370 g/mol. The Morgan fingerprint density at radius 2 is 1.82 bits per heavy atom. The van der Waals surface area contributed by atoms with Gasteiger partial charge in [-0.3, -0.25) is 4.90 Å². The number of piperazine rings is 1. The van der Waals surface area contributed by atoms with Crippen LogP contribution in [-0.2, 0) is 0 Å². The Labute approximate surface area is 142 Å². The molecule has 1 aliphatic heterocycles. The van der Waals surface area contributed by atoms with Crippen molar-refractivity contribution in [3.8, 4) is 11.5 Å². The first-order chi connectivity index (χ1) is 10.7. The van der Waals surface area contributed by atoms with Gasteiger partial charge in [-0.05, 0) is 24.1 Å². The second-order valence-corrected chi connectivity index (χ2v) is 6.53. The highest BCUT2D eigenvalue weighted by molar-refractivity contribution is 9.10. The van der Waals surface area contributed by atoms with E-state index in [0.29, 0.717) is 6.04 Å². The van der Waals surface area contributed by atoms with Crippen molar-refractivity contribution in [3.63, 3.8) is 0 Å². The zero-order valence-corrected chi connectivity index (χ0v) is 15.4. The maximum Gasteiger partial charge on any atom is 0.161 e. The van der Waals surface area contributed by atoms with E-state index in [0.717, 1.165) is 42.2 Å². The Balaban J connectivity index is 2.32. The van der Waals surface area contributed by atoms with Gasteiger partial charge in [0.1, 0.15) is 0 Å². The van der Waals surface area contributed by atoms with Crippen LogP contribution < -0.4 is 14.8 Å². The van der Waals surface area contributed by atoms with Crippen molar-refractivity contribution in [1.82, 2.24) is 10.2 Å². The summed E-state index contributed by atoms with van der Waals surface area (Å²) in [5.74, 6) is 1.57. The fourth-order valence-electron chi connectivity index (χ4n) is 3.05. The molecule has 1 aromatic carbocycles. The molecule has 0 aromatic heterocycles. The van der Waals surface area contributed by atoms with Crippen LogP contribution in [0.25, 0.3) is 0 Å². The molecular formula is C17H27BrN2O2. The molecule has 1 N–H and O–H groups in total. The van der Waals surface area contributed by atoms with Crippen LogP contribution in [0.2, 0.25) is 0 Å². The summed E-state index contributed by atoms with van der Waals surface area (Å²) in [6.45, 7) is 6.56. The molecule has 1 atom stereocenters. The van der Waals surface area contributed by atoms with Gasteiger partial charge in [-0.2, -0.15) is 0 Å². The average molecular weight is 371 g/mol. The molecule has 0 amide bonds. The minimum Gasteiger partial charge on any atom is -0.493 e. The van der Waals surface area contributed by atoms with Crippen molar-refractivity contribution in [3.05, 3.63) is 22.2 Å². The molecule has 2 rings (SSSR count). The molecule has 0 saturated carbocycles. The number of halogens is 1. The topological polar surface area (TPSA) is 33.7 Å². The first-order valence-electron chi connectivity index (χ1n) is 8.07. The summed E-state index contributed by atoms with van der Waals surface area (Å²) in [5.41, 5.74) is 1.30. The predicted molar refractivity (Wildman–Crippen MR) is 94.0 cm³/mol. The van der Waals surface area contributed by atoms with E-state index in [1.54, 1.807) is 14.2 Å². The third-order valence-electron chi connectivity index (χ3n) is 4.29. The van der Waals surface area contributed by atoms with Crippen LogP contribution in [0.1, 0.15) is 37.8 Å². The Morgan fingerprint density at radius 3 is 2.41 bits per heavy atom. The van der Waals surface area contributed by atoms with Crippen molar-refractivity contribution in [2.45, 2.75) is 32.2 Å². The van der Waals surface area contributed by atoms with E-state index in [-0.39, 0.29) is 0 Å². The number of hydrogen-bond donors (Lipinski definition) is 1. The number of unbranched alkanes of at least 4 members (excludes halogenated alkanes) is 1. The van der Waals surface area contributed by atoms with Gasteiger partial charge in [-0.15, -0.1) is 0 Å². The van der Waals surface area contributed by atoms with E-state index in [1.165, 1.54) is 24.8 Å². The normalized spacial score (nSPS) is 17.3. The Morgan fingerprint density at radius 1 is 1.18 bits per heavy atom. The van der Waals surface area contributed by atoms with Crippen LogP contribution in [0, 0.1) is 0 Å². The zero-order valence-electron chi connectivity index (χ0n) is 13.8. The second-order valence-electron chi connectivity index (χ2n) is 5.67. The van der Waals surface area contributed by atoms with Gasteiger partial charge >= 0.3 is 0 Å². The lowest BCUT2D eigenvalue weighted by Gasteiger charge is -2.36. The third-order valence-corrected chi connectivity index (χ3v) is 4.97. The number of ether oxygens (including phenoxy) is 2. The summed E-state index contributed by atoms with van der Waals surface area (Å²) in [6.07, 6.45) is 3.62. The van der Waals surface area contributed by atoms with Gasteiger partial charge in [-0.25, -0.2) is 0 Å². The molecule has 1 heterocycles. The highest BCUT2D eigenvalue weighted by atomic mass is 79.9. The van der Waals surface area contributed by atoms with Gasteiger partial charge in [0.05, 0.1) is 14.2 Å². The van der Waals surface area contributed by atoms with Crippen molar-refractivity contribution in [2.75, 3.05) is 40.4 Å². The molecule has 0 unspecified atom stereocenters. The van der Waals surface area contributed by atoms with Crippen LogP contribution in [0.5, 0.6) is 11.5 Å². The summed E-state index contributed by atoms with van der Waals surface area (Å²) in [6, 6.07) is 4.58. The molecule has 1 fully saturated rings. The maximum absolute atomic E-state index is 5.50. The summed E-state index contributed by atoms with van der Waals surface area (Å²) < 4.78 is 12.0. The van der Waals surface area contributed by atoms with Gasteiger partial charge in [-0.1, -0.05) is 35.7 Å². The lowest BCUT2D eigenvalue weighted by Crippen LogP contribution is -2.45. The lowest BCUT2D eigenvalue weighted by atomic mass is 9.98. The molecule has 0 aliphatic carbocycles. The largest absolute Gasteiger partial charge is 0.493 e. The van der Waals surface area contributed by atoms with Crippen LogP contribution >= 0.6 is 15.9 Å². The van der Waals surface area contributed by atoms with E-state index in [1.807, 2.05) is 6.07 Å². The highest BCUT2D eigenvalue weighted by Gasteiger charge is 2.25. The number of nitrogens with zero attached hydrogens (tertiary/aromatic N) is 1. The van der Waals surface area contributed by atoms with Gasteiger partial charge in [0.25, 0.3) is 0 Å². The van der Waals surface area contributed by atoms with E-state index in [4.69, 9.17) is 9.47 Å². The van der Waals surface area contributed by atoms with Crippen molar-refractivity contribution >= 4 is 15.9 Å². The predicted octanol–water partition coefficient (Wildman–Crippen LogP) is 3.60. The van der Waals surface area contributed by atoms with Crippen molar-refractivity contribution in [2.24, 2.45) is 0 Å². The van der Waals surface area contributed by atoms with E-state index in [2.05, 4.69) is 39.1 Å². The second kappa shape index (κ2) is 8.75. The Bertz CT molecular complexity index is 476. The minimum atomic E-state index is 0.427. The molecule has 0 spiro atoms.